The molecule has 18 heavy (non-hydrogen) atoms. The summed E-state index contributed by atoms with van der Waals surface area (Å²) in [6, 6.07) is 9.31. The number of benzene rings is 1. The van der Waals surface area contributed by atoms with Gasteiger partial charge in [0.1, 0.15) is 11.6 Å². The lowest BCUT2D eigenvalue weighted by atomic mass is 9.95. The molecule has 2 N–H and O–H groups in total. The highest BCUT2D eigenvalue weighted by Crippen LogP contribution is 2.25. The highest BCUT2D eigenvalue weighted by Gasteiger charge is 2.18. The maximum atomic E-state index is 5.88. The van der Waals surface area contributed by atoms with Crippen LogP contribution < -0.4 is 5.73 Å². The molecule has 3 nitrogen and oxygen atoms in total. The predicted octanol–water partition coefficient (Wildman–Crippen LogP) is 3.68. The smallest absolute Gasteiger partial charge is 0.136 e. The van der Waals surface area contributed by atoms with Gasteiger partial charge >= 0.3 is 0 Å². The van der Waals surface area contributed by atoms with Crippen LogP contribution in [0.4, 0.5) is 5.82 Å². The van der Waals surface area contributed by atoms with E-state index in [4.69, 9.17) is 17.3 Å². The van der Waals surface area contributed by atoms with E-state index in [2.05, 4.69) is 30.7 Å². The fraction of sp³-hybridized carbons (Fsp3) is 0.286. The summed E-state index contributed by atoms with van der Waals surface area (Å²) in [6.45, 7) is 6.19. The van der Waals surface area contributed by atoms with Crippen molar-refractivity contribution in [2.75, 3.05) is 5.73 Å². The van der Waals surface area contributed by atoms with Crippen molar-refractivity contribution >= 4 is 17.4 Å². The third-order valence-electron chi connectivity index (χ3n) is 2.56. The van der Waals surface area contributed by atoms with Gasteiger partial charge in [0.25, 0.3) is 0 Å². The molecule has 0 amide bonds. The predicted molar refractivity (Wildman–Crippen MR) is 75.6 cm³/mol. The van der Waals surface area contributed by atoms with Gasteiger partial charge in [0.2, 0.25) is 0 Å². The lowest BCUT2D eigenvalue weighted by molar-refractivity contribution is 0.547. The van der Waals surface area contributed by atoms with Crippen LogP contribution in [-0.4, -0.2) is 9.97 Å². The molecule has 0 radical (unpaired) electrons. The highest BCUT2D eigenvalue weighted by molar-refractivity contribution is 6.30. The van der Waals surface area contributed by atoms with Gasteiger partial charge in [0, 0.05) is 22.1 Å². The highest BCUT2D eigenvalue weighted by atomic mass is 35.5. The summed E-state index contributed by atoms with van der Waals surface area (Å²) in [7, 11) is 0. The molecule has 1 aromatic heterocycles. The van der Waals surface area contributed by atoms with Crippen molar-refractivity contribution in [2.24, 2.45) is 0 Å². The first-order valence-electron chi connectivity index (χ1n) is 5.77. The molecule has 0 fully saturated rings. The average Bonchev–Trinajstić information content (AvgIpc) is 2.28. The summed E-state index contributed by atoms with van der Waals surface area (Å²) < 4.78 is 0. The molecule has 0 aliphatic carbocycles. The molecule has 0 unspecified atom stereocenters. The molecular weight excluding hydrogens is 246 g/mol. The first kappa shape index (κ1) is 12.8. The van der Waals surface area contributed by atoms with E-state index in [9.17, 15) is 0 Å². The van der Waals surface area contributed by atoms with Gasteiger partial charge in [-0.15, -0.1) is 0 Å². The number of nitrogen functional groups attached to an aromatic ring is 1. The number of halogens is 1. The van der Waals surface area contributed by atoms with Crippen LogP contribution in [0.1, 0.15) is 26.6 Å². The van der Waals surface area contributed by atoms with E-state index in [1.165, 1.54) is 0 Å². The minimum Gasteiger partial charge on any atom is -0.384 e. The quantitative estimate of drug-likeness (QED) is 0.852. The lowest BCUT2D eigenvalue weighted by Crippen LogP contribution is -2.17. The zero-order chi connectivity index (χ0) is 13.3. The van der Waals surface area contributed by atoms with Gasteiger partial charge in [-0.3, -0.25) is 0 Å². The Morgan fingerprint density at radius 3 is 2.22 bits per heavy atom. The Bertz CT molecular complexity index is 556. The fourth-order valence-corrected chi connectivity index (χ4v) is 1.70. The van der Waals surface area contributed by atoms with Gasteiger partial charge in [0.05, 0.1) is 5.69 Å². The first-order chi connectivity index (χ1) is 8.36. The monoisotopic (exact) mass is 261 g/mol. The van der Waals surface area contributed by atoms with Gasteiger partial charge in [-0.05, 0) is 12.1 Å². The summed E-state index contributed by atoms with van der Waals surface area (Å²) in [5.41, 5.74) is 7.53. The normalized spacial score (nSPS) is 11.6. The zero-order valence-corrected chi connectivity index (χ0v) is 11.5. The van der Waals surface area contributed by atoms with Crippen LogP contribution in [0, 0.1) is 0 Å². The molecule has 2 aromatic rings. The molecular formula is C14H16ClN3. The molecule has 0 bridgehead atoms. The maximum Gasteiger partial charge on any atom is 0.136 e. The van der Waals surface area contributed by atoms with Crippen molar-refractivity contribution in [3.8, 4) is 11.3 Å². The van der Waals surface area contributed by atoms with Gasteiger partial charge in [-0.25, -0.2) is 9.97 Å². The third kappa shape index (κ3) is 2.79. The number of aromatic nitrogens is 2. The van der Waals surface area contributed by atoms with Gasteiger partial charge in [-0.1, -0.05) is 44.5 Å². The lowest BCUT2D eigenvalue weighted by Gasteiger charge is -2.17. The van der Waals surface area contributed by atoms with Crippen LogP contribution in [0.3, 0.4) is 0 Å². The topological polar surface area (TPSA) is 51.8 Å². The van der Waals surface area contributed by atoms with Crippen LogP contribution in [0.5, 0.6) is 0 Å². The van der Waals surface area contributed by atoms with Crippen molar-refractivity contribution in [1.29, 1.82) is 0 Å². The van der Waals surface area contributed by atoms with Crippen molar-refractivity contribution in [3.63, 3.8) is 0 Å². The van der Waals surface area contributed by atoms with Gasteiger partial charge in [0.15, 0.2) is 0 Å². The van der Waals surface area contributed by atoms with Crippen LogP contribution in [0.15, 0.2) is 30.3 Å². The molecule has 1 heterocycles. The van der Waals surface area contributed by atoms with E-state index in [0.29, 0.717) is 10.8 Å². The Labute approximate surface area is 112 Å². The van der Waals surface area contributed by atoms with E-state index < -0.39 is 0 Å². The Hall–Kier alpha value is -1.61. The zero-order valence-electron chi connectivity index (χ0n) is 10.7. The minimum atomic E-state index is -0.128. The Morgan fingerprint density at radius 2 is 1.67 bits per heavy atom. The van der Waals surface area contributed by atoms with Gasteiger partial charge < -0.3 is 5.73 Å². The van der Waals surface area contributed by atoms with Crippen molar-refractivity contribution in [1.82, 2.24) is 9.97 Å². The average molecular weight is 262 g/mol. The second kappa shape index (κ2) is 4.58. The molecule has 0 spiro atoms. The first-order valence-corrected chi connectivity index (χ1v) is 6.15. The standard InChI is InChI=1S/C14H16ClN3/c1-14(2,3)13-17-11(8-12(16)18-13)9-4-6-10(15)7-5-9/h4-8H,1-3H3,(H2,16,17,18). The van der Waals surface area contributed by atoms with Crippen molar-refractivity contribution in [3.05, 3.63) is 41.2 Å². The van der Waals surface area contributed by atoms with E-state index in [0.717, 1.165) is 17.1 Å². The van der Waals surface area contributed by atoms with Crippen LogP contribution >= 0.6 is 11.6 Å². The molecule has 0 aliphatic heterocycles. The molecule has 94 valence electrons. The number of anilines is 1. The third-order valence-corrected chi connectivity index (χ3v) is 2.81. The molecule has 4 heteroatoms. The van der Waals surface area contributed by atoms with Crippen LogP contribution in [-0.2, 0) is 5.41 Å². The number of nitrogens with zero attached hydrogens (tertiary/aromatic N) is 2. The molecule has 0 saturated heterocycles. The molecule has 1 aromatic carbocycles. The van der Waals surface area contributed by atoms with Gasteiger partial charge in [-0.2, -0.15) is 0 Å². The van der Waals surface area contributed by atoms with Crippen molar-refractivity contribution < 1.29 is 0 Å². The van der Waals surface area contributed by atoms with Crippen molar-refractivity contribution in [2.45, 2.75) is 26.2 Å². The summed E-state index contributed by atoms with van der Waals surface area (Å²) in [5.74, 6) is 1.23. The number of hydrogen-bond donors (Lipinski definition) is 1. The maximum absolute atomic E-state index is 5.88. The number of hydrogen-bond acceptors (Lipinski definition) is 3. The second-order valence-electron chi connectivity index (χ2n) is 5.26. The number of nitrogens with two attached hydrogens (primary N) is 1. The molecule has 2 rings (SSSR count). The summed E-state index contributed by atoms with van der Waals surface area (Å²) in [6.07, 6.45) is 0. The largest absolute Gasteiger partial charge is 0.384 e. The Balaban J connectivity index is 2.52. The summed E-state index contributed by atoms with van der Waals surface area (Å²) in [4.78, 5) is 8.86. The number of rotatable bonds is 1. The fourth-order valence-electron chi connectivity index (χ4n) is 1.57. The second-order valence-corrected chi connectivity index (χ2v) is 5.69. The summed E-state index contributed by atoms with van der Waals surface area (Å²) >= 11 is 5.88. The molecule has 0 atom stereocenters. The SMILES string of the molecule is CC(C)(C)c1nc(N)cc(-c2ccc(Cl)cc2)n1. The van der Waals surface area contributed by atoms with E-state index in [-0.39, 0.29) is 5.41 Å². The minimum absolute atomic E-state index is 0.128. The summed E-state index contributed by atoms with van der Waals surface area (Å²) in [5, 5.41) is 0.705. The molecule has 0 saturated carbocycles. The van der Waals surface area contributed by atoms with Crippen LogP contribution in [0.25, 0.3) is 11.3 Å². The Kier molecular flexibility index (Phi) is 3.26. The van der Waals surface area contributed by atoms with Crippen LogP contribution in [0.2, 0.25) is 5.02 Å². The Morgan fingerprint density at radius 1 is 1.06 bits per heavy atom. The van der Waals surface area contributed by atoms with E-state index >= 15 is 0 Å². The molecule has 0 aliphatic rings. The van der Waals surface area contributed by atoms with E-state index in [1.807, 2.05) is 24.3 Å². The van der Waals surface area contributed by atoms with E-state index in [1.54, 1.807) is 6.07 Å².